The lowest BCUT2D eigenvalue weighted by molar-refractivity contribution is 0.0944. The molecule has 0 aromatic rings. The zero-order valence-corrected chi connectivity index (χ0v) is 11.5. The Morgan fingerprint density at radius 1 is 1.44 bits per heavy atom. The first kappa shape index (κ1) is 13.8. The van der Waals surface area contributed by atoms with Crippen LogP contribution in [0, 0.1) is 11.3 Å². The van der Waals surface area contributed by atoms with Crippen LogP contribution in [0.1, 0.15) is 39.0 Å². The molecular weight excluding hydrogens is 226 g/mol. The summed E-state index contributed by atoms with van der Waals surface area (Å²) >= 11 is 0. The number of nitrogens with one attached hydrogen (secondary N) is 1. The summed E-state index contributed by atoms with van der Waals surface area (Å²) < 4.78 is 5.61. The van der Waals surface area contributed by atoms with Gasteiger partial charge in [-0.05, 0) is 38.6 Å². The molecule has 1 N–H and O–H groups in total. The molecule has 18 heavy (non-hydrogen) atoms. The normalized spacial score (nSPS) is 28.1. The van der Waals surface area contributed by atoms with Crippen molar-refractivity contribution >= 4 is 0 Å². The van der Waals surface area contributed by atoms with Crippen molar-refractivity contribution in [3.8, 4) is 6.07 Å². The van der Waals surface area contributed by atoms with Gasteiger partial charge in [0.05, 0.1) is 12.2 Å². The van der Waals surface area contributed by atoms with Crippen molar-refractivity contribution in [2.45, 2.75) is 50.7 Å². The summed E-state index contributed by atoms with van der Waals surface area (Å²) in [5.74, 6) is 0. The topological polar surface area (TPSA) is 48.3 Å². The van der Waals surface area contributed by atoms with E-state index in [9.17, 15) is 5.26 Å². The number of ether oxygens (including phenoxy) is 1. The number of likely N-dealkylation sites (tertiary alicyclic amines) is 1. The van der Waals surface area contributed by atoms with E-state index >= 15 is 0 Å². The fourth-order valence-electron chi connectivity index (χ4n) is 2.92. The Morgan fingerprint density at radius 2 is 2.22 bits per heavy atom. The number of piperidine rings is 1. The monoisotopic (exact) mass is 251 g/mol. The third-order valence-corrected chi connectivity index (χ3v) is 4.16. The van der Waals surface area contributed by atoms with Gasteiger partial charge in [-0.3, -0.25) is 5.32 Å². The molecule has 0 aromatic carbocycles. The first-order valence-corrected chi connectivity index (χ1v) is 7.28. The van der Waals surface area contributed by atoms with Crippen molar-refractivity contribution in [3.63, 3.8) is 0 Å². The molecule has 2 saturated heterocycles. The molecule has 4 nitrogen and oxygen atoms in total. The van der Waals surface area contributed by atoms with Gasteiger partial charge in [-0.1, -0.05) is 6.92 Å². The summed E-state index contributed by atoms with van der Waals surface area (Å²) in [4.78, 5) is 2.46. The number of nitriles is 1. The van der Waals surface area contributed by atoms with Crippen LogP contribution < -0.4 is 5.32 Å². The van der Waals surface area contributed by atoms with Crippen molar-refractivity contribution in [3.05, 3.63) is 0 Å². The maximum atomic E-state index is 9.46. The molecule has 0 bridgehead atoms. The van der Waals surface area contributed by atoms with E-state index in [0.717, 1.165) is 58.5 Å². The fraction of sp³-hybridized carbons (Fsp3) is 0.929. The van der Waals surface area contributed by atoms with E-state index in [1.165, 1.54) is 6.42 Å². The van der Waals surface area contributed by atoms with Crippen molar-refractivity contribution in [1.82, 2.24) is 10.2 Å². The fourth-order valence-corrected chi connectivity index (χ4v) is 2.92. The lowest BCUT2D eigenvalue weighted by Crippen LogP contribution is -2.54. The van der Waals surface area contributed by atoms with Crippen molar-refractivity contribution < 1.29 is 4.74 Å². The van der Waals surface area contributed by atoms with E-state index in [1.807, 2.05) is 0 Å². The Bertz CT molecular complexity index is 286. The van der Waals surface area contributed by atoms with Crippen LogP contribution in [0.2, 0.25) is 0 Å². The molecule has 2 aliphatic heterocycles. The molecule has 1 atom stereocenters. The third-order valence-electron chi connectivity index (χ3n) is 4.16. The summed E-state index contributed by atoms with van der Waals surface area (Å²) in [6.07, 6.45) is 5.70. The van der Waals surface area contributed by atoms with Crippen molar-refractivity contribution in [1.29, 1.82) is 5.26 Å². The average Bonchev–Trinajstić information content (AvgIpc) is 2.92. The molecular formula is C14H25N3O. The van der Waals surface area contributed by atoms with Gasteiger partial charge in [-0.15, -0.1) is 0 Å². The molecule has 0 spiro atoms. The number of hydrogen-bond donors (Lipinski definition) is 1. The average molecular weight is 251 g/mol. The van der Waals surface area contributed by atoms with E-state index in [1.54, 1.807) is 0 Å². The van der Waals surface area contributed by atoms with Crippen molar-refractivity contribution in [2.75, 3.05) is 32.8 Å². The van der Waals surface area contributed by atoms with Crippen LogP contribution in [-0.2, 0) is 4.74 Å². The number of nitrogens with zero attached hydrogens (tertiary/aromatic N) is 2. The highest BCUT2D eigenvalue weighted by molar-refractivity contribution is 5.10. The van der Waals surface area contributed by atoms with Crippen LogP contribution in [0.3, 0.4) is 0 Å². The second-order valence-corrected chi connectivity index (χ2v) is 5.55. The Hall–Kier alpha value is -0.630. The molecule has 0 radical (unpaired) electrons. The van der Waals surface area contributed by atoms with E-state index in [-0.39, 0.29) is 5.54 Å². The number of hydrogen-bond acceptors (Lipinski definition) is 4. The predicted molar refractivity (Wildman–Crippen MR) is 71.3 cm³/mol. The van der Waals surface area contributed by atoms with Gasteiger partial charge in [0, 0.05) is 26.2 Å². The number of rotatable bonds is 5. The maximum Gasteiger partial charge on any atom is 0.109 e. The quantitative estimate of drug-likeness (QED) is 0.805. The molecule has 102 valence electrons. The molecule has 2 heterocycles. The van der Waals surface area contributed by atoms with Gasteiger partial charge in [-0.25, -0.2) is 0 Å². The molecule has 0 aliphatic carbocycles. The van der Waals surface area contributed by atoms with Gasteiger partial charge >= 0.3 is 0 Å². The molecule has 0 saturated carbocycles. The SMILES string of the molecule is CCCN1CCC(C#N)(NCC2CCCO2)CC1. The third kappa shape index (κ3) is 3.44. The Morgan fingerprint density at radius 3 is 2.78 bits per heavy atom. The van der Waals surface area contributed by atoms with E-state index in [4.69, 9.17) is 4.74 Å². The van der Waals surface area contributed by atoms with Crippen LogP contribution in [-0.4, -0.2) is 49.3 Å². The predicted octanol–water partition coefficient (Wildman–Crippen LogP) is 1.52. The Labute approximate surface area is 110 Å². The van der Waals surface area contributed by atoms with Gasteiger partial charge in [0.2, 0.25) is 0 Å². The van der Waals surface area contributed by atoms with Crippen LogP contribution in [0.4, 0.5) is 0 Å². The van der Waals surface area contributed by atoms with Crippen LogP contribution in [0.15, 0.2) is 0 Å². The first-order valence-electron chi connectivity index (χ1n) is 7.28. The lowest BCUT2D eigenvalue weighted by atomic mass is 9.88. The van der Waals surface area contributed by atoms with Gasteiger partial charge in [-0.2, -0.15) is 5.26 Å². The molecule has 2 fully saturated rings. The summed E-state index contributed by atoms with van der Waals surface area (Å²) in [6, 6.07) is 2.51. The standard InChI is InChI=1S/C14H25N3O/c1-2-7-17-8-5-14(12-15,6-9-17)16-11-13-4-3-10-18-13/h13,16H,2-11H2,1H3. The minimum absolute atomic E-state index is 0.309. The largest absolute Gasteiger partial charge is 0.377 e. The summed E-state index contributed by atoms with van der Waals surface area (Å²) in [5.41, 5.74) is -0.309. The second-order valence-electron chi connectivity index (χ2n) is 5.55. The smallest absolute Gasteiger partial charge is 0.109 e. The Kier molecular flexibility index (Phi) is 4.99. The summed E-state index contributed by atoms with van der Waals surface area (Å²) in [7, 11) is 0. The molecule has 2 aliphatic rings. The minimum atomic E-state index is -0.309. The van der Waals surface area contributed by atoms with Crippen molar-refractivity contribution in [2.24, 2.45) is 0 Å². The lowest BCUT2D eigenvalue weighted by Gasteiger charge is -2.38. The van der Waals surface area contributed by atoms with Gasteiger partial charge in [0.15, 0.2) is 0 Å². The molecule has 2 rings (SSSR count). The first-order chi connectivity index (χ1) is 8.78. The van der Waals surface area contributed by atoms with E-state index < -0.39 is 0 Å². The van der Waals surface area contributed by atoms with Crippen LogP contribution in [0.25, 0.3) is 0 Å². The summed E-state index contributed by atoms with van der Waals surface area (Å²) in [5, 5.41) is 12.9. The van der Waals surface area contributed by atoms with E-state index in [2.05, 4.69) is 23.2 Å². The highest BCUT2D eigenvalue weighted by atomic mass is 16.5. The van der Waals surface area contributed by atoms with E-state index in [0.29, 0.717) is 6.10 Å². The Balaban J connectivity index is 1.78. The maximum absolute atomic E-state index is 9.46. The zero-order valence-electron chi connectivity index (χ0n) is 11.5. The minimum Gasteiger partial charge on any atom is -0.377 e. The van der Waals surface area contributed by atoms with Gasteiger partial charge in [0.25, 0.3) is 0 Å². The summed E-state index contributed by atoms with van der Waals surface area (Å²) in [6.45, 7) is 7.17. The second kappa shape index (κ2) is 6.51. The highest BCUT2D eigenvalue weighted by Gasteiger charge is 2.34. The molecule has 1 unspecified atom stereocenters. The molecule has 4 heteroatoms. The van der Waals surface area contributed by atoms with Crippen LogP contribution >= 0.6 is 0 Å². The van der Waals surface area contributed by atoms with Gasteiger partial charge < -0.3 is 9.64 Å². The van der Waals surface area contributed by atoms with Gasteiger partial charge in [0.1, 0.15) is 5.54 Å². The molecule has 0 aromatic heterocycles. The zero-order chi connectivity index (χ0) is 12.8. The molecule has 0 amide bonds. The van der Waals surface area contributed by atoms with Crippen LogP contribution in [0.5, 0.6) is 0 Å². The highest BCUT2D eigenvalue weighted by Crippen LogP contribution is 2.22.